The molecule has 1 aromatic rings. The molecule has 1 heterocycles. The summed E-state index contributed by atoms with van der Waals surface area (Å²) >= 11 is 0. The van der Waals surface area contributed by atoms with E-state index in [-0.39, 0.29) is 12.0 Å². The van der Waals surface area contributed by atoms with Crippen LogP contribution < -0.4 is 11.1 Å². The molecule has 20 heavy (non-hydrogen) atoms. The summed E-state index contributed by atoms with van der Waals surface area (Å²) in [6.07, 6.45) is 1.79. The van der Waals surface area contributed by atoms with Crippen LogP contribution in [-0.2, 0) is 4.79 Å². The highest BCUT2D eigenvalue weighted by molar-refractivity contribution is 5.76. The number of carbonyl (C=O) groups excluding carboxylic acids is 1. The molecule has 0 spiro atoms. The summed E-state index contributed by atoms with van der Waals surface area (Å²) in [6.45, 7) is 0. The van der Waals surface area contributed by atoms with Crippen LogP contribution in [0.3, 0.4) is 0 Å². The van der Waals surface area contributed by atoms with Crippen LogP contribution in [0.25, 0.3) is 0 Å². The molecule has 2 rings (SSSR count). The topological polar surface area (TPSA) is 68.0 Å². The second-order valence-corrected chi connectivity index (χ2v) is 4.79. The van der Waals surface area contributed by atoms with Gasteiger partial charge >= 0.3 is 0 Å². The Morgan fingerprint density at radius 3 is 2.00 bits per heavy atom. The largest absolute Gasteiger partial charge is 0.377 e. The van der Waals surface area contributed by atoms with Crippen LogP contribution in [0.5, 0.6) is 0 Å². The molecule has 1 amide bonds. The van der Waals surface area contributed by atoms with Crippen molar-refractivity contribution >= 4 is 11.6 Å². The number of nitrogens with zero attached hydrogens (tertiary/aromatic N) is 1. The first-order valence-electron chi connectivity index (χ1n) is 6.16. The number of anilines is 1. The molecule has 1 aromatic heterocycles. The second-order valence-electron chi connectivity index (χ2n) is 4.79. The number of hydrogen-bond acceptors (Lipinski definition) is 3. The lowest BCUT2D eigenvalue weighted by Crippen LogP contribution is -2.33. The quantitative estimate of drug-likeness (QED) is 0.662. The number of amides is 1. The Labute approximate surface area is 112 Å². The number of carbonyl (C=O) groups is 1. The van der Waals surface area contributed by atoms with Crippen molar-refractivity contribution in [3.05, 3.63) is 23.5 Å². The molecule has 0 unspecified atom stereocenters. The van der Waals surface area contributed by atoms with Gasteiger partial charge in [-0.15, -0.1) is 0 Å². The van der Waals surface area contributed by atoms with Crippen molar-refractivity contribution in [1.82, 2.24) is 4.98 Å². The molecular formula is C12H13F4N3O. The Hall–Kier alpha value is -1.86. The van der Waals surface area contributed by atoms with Gasteiger partial charge in [-0.3, -0.25) is 4.79 Å². The number of halogens is 4. The molecule has 8 heteroatoms. The molecule has 3 N–H and O–H groups in total. The fourth-order valence-electron chi connectivity index (χ4n) is 2.34. The third-order valence-corrected chi connectivity index (χ3v) is 3.48. The summed E-state index contributed by atoms with van der Waals surface area (Å²) in [5.74, 6) is -7.19. The van der Waals surface area contributed by atoms with Crippen molar-refractivity contribution < 1.29 is 22.4 Å². The van der Waals surface area contributed by atoms with E-state index >= 15 is 0 Å². The van der Waals surface area contributed by atoms with Crippen LogP contribution in [0.2, 0.25) is 0 Å². The van der Waals surface area contributed by atoms with Gasteiger partial charge in [-0.25, -0.2) is 0 Å². The van der Waals surface area contributed by atoms with E-state index in [9.17, 15) is 22.4 Å². The number of hydrogen-bond donors (Lipinski definition) is 2. The fraction of sp³-hybridized carbons (Fsp3) is 0.500. The minimum atomic E-state index is -1.70. The average Bonchev–Trinajstić information content (AvgIpc) is 2.42. The van der Waals surface area contributed by atoms with Crippen LogP contribution in [0.1, 0.15) is 25.7 Å². The first kappa shape index (κ1) is 14.5. The van der Waals surface area contributed by atoms with Crippen LogP contribution in [-0.4, -0.2) is 16.9 Å². The number of aromatic nitrogens is 1. The van der Waals surface area contributed by atoms with Crippen LogP contribution in [0, 0.1) is 29.4 Å². The van der Waals surface area contributed by atoms with E-state index in [4.69, 9.17) is 5.73 Å². The molecular weight excluding hydrogens is 278 g/mol. The van der Waals surface area contributed by atoms with E-state index in [0.717, 1.165) is 0 Å². The summed E-state index contributed by atoms with van der Waals surface area (Å²) in [5.41, 5.74) is 4.30. The zero-order chi connectivity index (χ0) is 14.9. The van der Waals surface area contributed by atoms with Gasteiger partial charge in [0.15, 0.2) is 0 Å². The SMILES string of the molecule is NC(=O)C1CCC(Nc2c(F)c(F)nc(F)c2F)CC1. The number of nitrogens with one attached hydrogen (secondary N) is 1. The molecule has 0 radical (unpaired) electrons. The van der Waals surface area contributed by atoms with Gasteiger partial charge in [0.1, 0.15) is 5.69 Å². The Bertz CT molecular complexity index is 504. The summed E-state index contributed by atoms with van der Waals surface area (Å²) < 4.78 is 52.7. The van der Waals surface area contributed by atoms with Crippen molar-refractivity contribution in [2.24, 2.45) is 11.7 Å². The summed E-state index contributed by atoms with van der Waals surface area (Å²) in [4.78, 5) is 13.5. The first-order chi connectivity index (χ1) is 9.40. The van der Waals surface area contributed by atoms with Crippen molar-refractivity contribution in [2.75, 3.05) is 5.32 Å². The van der Waals surface area contributed by atoms with Crippen LogP contribution in [0.4, 0.5) is 23.2 Å². The van der Waals surface area contributed by atoms with E-state index in [0.29, 0.717) is 25.7 Å². The average molecular weight is 291 g/mol. The lowest BCUT2D eigenvalue weighted by atomic mass is 9.85. The molecule has 1 fully saturated rings. The van der Waals surface area contributed by atoms with Gasteiger partial charge < -0.3 is 11.1 Å². The highest BCUT2D eigenvalue weighted by Gasteiger charge is 2.27. The smallest absolute Gasteiger partial charge is 0.253 e. The highest BCUT2D eigenvalue weighted by Crippen LogP contribution is 2.29. The van der Waals surface area contributed by atoms with E-state index in [1.807, 2.05) is 0 Å². The predicted molar refractivity (Wildman–Crippen MR) is 62.6 cm³/mol. The van der Waals surface area contributed by atoms with Crippen molar-refractivity contribution in [1.29, 1.82) is 0 Å². The minimum absolute atomic E-state index is 0.270. The molecule has 110 valence electrons. The standard InChI is InChI=1S/C12H13F4N3O/c13-7-9(8(14)11(16)19-10(7)15)18-6-3-1-5(2-4-6)12(17)20/h5-6H,1-4H2,(H2,17,20)(H,18,19). The molecule has 0 atom stereocenters. The summed E-state index contributed by atoms with van der Waals surface area (Å²) in [6, 6.07) is -0.379. The first-order valence-corrected chi connectivity index (χ1v) is 6.16. The molecule has 0 bridgehead atoms. The van der Waals surface area contributed by atoms with Crippen LogP contribution in [0.15, 0.2) is 0 Å². The maximum Gasteiger partial charge on any atom is 0.253 e. The second kappa shape index (κ2) is 5.64. The van der Waals surface area contributed by atoms with Gasteiger partial charge in [-0.1, -0.05) is 0 Å². The highest BCUT2D eigenvalue weighted by atomic mass is 19.2. The lowest BCUT2D eigenvalue weighted by Gasteiger charge is -2.28. The fourth-order valence-corrected chi connectivity index (χ4v) is 2.34. The van der Waals surface area contributed by atoms with E-state index < -0.39 is 35.1 Å². The zero-order valence-corrected chi connectivity index (χ0v) is 10.4. The predicted octanol–water partition coefficient (Wildman–Crippen LogP) is 2.09. The monoisotopic (exact) mass is 291 g/mol. The van der Waals surface area contributed by atoms with Gasteiger partial charge in [0.05, 0.1) is 0 Å². The van der Waals surface area contributed by atoms with E-state index in [1.165, 1.54) is 0 Å². The van der Waals surface area contributed by atoms with Gasteiger partial charge in [-0.2, -0.15) is 22.5 Å². The summed E-state index contributed by atoms with van der Waals surface area (Å²) in [7, 11) is 0. The van der Waals surface area contributed by atoms with Crippen molar-refractivity contribution in [3.8, 4) is 0 Å². The normalized spacial score (nSPS) is 22.6. The Balaban J connectivity index is 2.10. The van der Waals surface area contributed by atoms with E-state index in [2.05, 4.69) is 10.3 Å². The Kier molecular flexibility index (Phi) is 4.10. The van der Waals surface area contributed by atoms with Gasteiger partial charge in [-0.05, 0) is 25.7 Å². The Morgan fingerprint density at radius 1 is 1.05 bits per heavy atom. The van der Waals surface area contributed by atoms with E-state index in [1.54, 1.807) is 0 Å². The van der Waals surface area contributed by atoms with Gasteiger partial charge in [0.25, 0.3) is 11.9 Å². The number of pyridine rings is 1. The molecule has 0 aliphatic heterocycles. The maximum atomic E-state index is 13.4. The minimum Gasteiger partial charge on any atom is -0.377 e. The van der Waals surface area contributed by atoms with Crippen molar-refractivity contribution in [3.63, 3.8) is 0 Å². The number of nitrogens with two attached hydrogens (primary N) is 1. The molecule has 0 saturated heterocycles. The zero-order valence-electron chi connectivity index (χ0n) is 10.4. The molecule has 0 aromatic carbocycles. The summed E-state index contributed by atoms with van der Waals surface area (Å²) in [5, 5.41) is 2.44. The van der Waals surface area contributed by atoms with Crippen LogP contribution >= 0.6 is 0 Å². The van der Waals surface area contributed by atoms with Gasteiger partial charge in [0, 0.05) is 12.0 Å². The van der Waals surface area contributed by atoms with Crippen molar-refractivity contribution in [2.45, 2.75) is 31.7 Å². The number of primary amides is 1. The molecule has 4 nitrogen and oxygen atoms in total. The third-order valence-electron chi connectivity index (χ3n) is 3.48. The van der Waals surface area contributed by atoms with Gasteiger partial charge in [0.2, 0.25) is 17.5 Å². The molecule has 1 aliphatic carbocycles. The molecule has 1 saturated carbocycles. The molecule has 1 aliphatic rings. The lowest BCUT2D eigenvalue weighted by molar-refractivity contribution is -0.122. The number of rotatable bonds is 3. The Morgan fingerprint density at radius 2 is 1.55 bits per heavy atom. The maximum absolute atomic E-state index is 13.4. The third kappa shape index (κ3) is 2.83.